The average Bonchev–Trinajstić information content (AvgIpc) is 2.82. The molecule has 0 unspecified atom stereocenters. The molecule has 1 heterocycles. The fraction of sp³-hybridized carbons (Fsp3) is 0.562. The Kier molecular flexibility index (Phi) is 5.73. The number of likely N-dealkylation sites (N-methyl/N-ethyl adjacent to an activating group) is 1. The van der Waals surface area contributed by atoms with Gasteiger partial charge in [0.25, 0.3) is 0 Å². The smallest absolute Gasteiger partial charge is 0.237 e. The second kappa shape index (κ2) is 7.54. The monoisotopic (exact) mass is 292 g/mol. The third kappa shape index (κ3) is 3.81. The normalized spacial score (nSPS) is 26.0. The molecule has 1 fully saturated rings. The van der Waals surface area contributed by atoms with Gasteiger partial charge in [0.15, 0.2) is 0 Å². The average molecular weight is 292 g/mol. The van der Waals surface area contributed by atoms with Gasteiger partial charge in [-0.05, 0) is 30.9 Å². The van der Waals surface area contributed by atoms with Gasteiger partial charge in [0.2, 0.25) is 5.91 Å². The minimum atomic E-state index is -0.280. The van der Waals surface area contributed by atoms with Crippen LogP contribution in [0.2, 0.25) is 0 Å². The van der Waals surface area contributed by atoms with Gasteiger partial charge in [-0.1, -0.05) is 30.3 Å². The molecule has 116 valence electrons. The summed E-state index contributed by atoms with van der Waals surface area (Å²) in [6.07, 6.45) is 0.541. The highest BCUT2D eigenvalue weighted by atomic mass is 16.3. The van der Waals surface area contributed by atoms with Crippen LogP contribution in [0, 0.1) is 11.8 Å². The number of aliphatic hydroxyl groups is 2. The third-order valence-electron chi connectivity index (χ3n) is 4.28. The number of carbonyl (C=O) groups is 1. The predicted octanol–water partition coefficient (Wildman–Crippen LogP) is 0.224. The van der Waals surface area contributed by atoms with Crippen LogP contribution in [-0.2, 0) is 11.3 Å². The van der Waals surface area contributed by atoms with Gasteiger partial charge in [-0.25, -0.2) is 0 Å². The summed E-state index contributed by atoms with van der Waals surface area (Å²) in [5, 5.41) is 21.6. The van der Waals surface area contributed by atoms with Crippen molar-refractivity contribution in [2.24, 2.45) is 11.8 Å². The number of carbonyl (C=O) groups excluding carboxylic acids is 1. The first-order valence-electron chi connectivity index (χ1n) is 7.41. The van der Waals surface area contributed by atoms with Crippen molar-refractivity contribution < 1.29 is 15.0 Å². The lowest BCUT2D eigenvalue weighted by molar-refractivity contribution is -0.126. The standard InChI is InChI=1S/C16H24N2O3/c1-18-10-13(11-20)14(7-8-19)15(18)16(21)17-9-12-5-3-2-4-6-12/h2-6,13-15,19-20H,7-11H2,1H3,(H,17,21)/t13-,14+,15-/m0/s1. The van der Waals surface area contributed by atoms with Gasteiger partial charge >= 0.3 is 0 Å². The van der Waals surface area contributed by atoms with Crippen molar-refractivity contribution in [3.8, 4) is 0 Å². The maximum absolute atomic E-state index is 12.5. The molecule has 1 aliphatic rings. The molecule has 0 aliphatic carbocycles. The van der Waals surface area contributed by atoms with Crippen LogP contribution in [0.25, 0.3) is 0 Å². The fourth-order valence-electron chi connectivity index (χ4n) is 3.22. The largest absolute Gasteiger partial charge is 0.396 e. The fourth-order valence-corrected chi connectivity index (χ4v) is 3.22. The first kappa shape index (κ1) is 15.9. The Morgan fingerprint density at radius 2 is 2.05 bits per heavy atom. The number of hydrogen-bond donors (Lipinski definition) is 3. The van der Waals surface area contributed by atoms with E-state index in [1.165, 1.54) is 0 Å². The molecule has 3 N–H and O–H groups in total. The molecule has 0 saturated carbocycles. The lowest BCUT2D eigenvalue weighted by Crippen LogP contribution is -2.45. The quantitative estimate of drug-likeness (QED) is 0.701. The Morgan fingerprint density at radius 1 is 1.33 bits per heavy atom. The lowest BCUT2D eigenvalue weighted by Gasteiger charge is -2.24. The molecule has 21 heavy (non-hydrogen) atoms. The number of aliphatic hydroxyl groups excluding tert-OH is 2. The minimum Gasteiger partial charge on any atom is -0.396 e. The van der Waals surface area contributed by atoms with E-state index in [-0.39, 0.29) is 37.0 Å². The first-order valence-corrected chi connectivity index (χ1v) is 7.41. The Balaban J connectivity index is 1.99. The van der Waals surface area contributed by atoms with E-state index in [1.807, 2.05) is 42.3 Å². The van der Waals surface area contributed by atoms with Crippen molar-refractivity contribution in [2.75, 3.05) is 26.8 Å². The van der Waals surface area contributed by atoms with Crippen molar-refractivity contribution in [3.05, 3.63) is 35.9 Å². The van der Waals surface area contributed by atoms with Gasteiger partial charge in [-0.3, -0.25) is 9.69 Å². The minimum absolute atomic E-state index is 0.000716. The van der Waals surface area contributed by atoms with Gasteiger partial charge in [0.05, 0.1) is 6.04 Å². The van der Waals surface area contributed by atoms with E-state index in [4.69, 9.17) is 0 Å². The van der Waals surface area contributed by atoms with Crippen LogP contribution in [0.5, 0.6) is 0 Å². The van der Waals surface area contributed by atoms with Crippen molar-refractivity contribution in [3.63, 3.8) is 0 Å². The number of likely N-dealkylation sites (tertiary alicyclic amines) is 1. The molecular weight excluding hydrogens is 268 g/mol. The number of hydrogen-bond acceptors (Lipinski definition) is 4. The SMILES string of the molecule is CN1C[C@@H](CO)[C@@H](CCO)[C@H]1C(=O)NCc1ccccc1. The molecule has 5 nitrogen and oxygen atoms in total. The van der Waals surface area contributed by atoms with Crippen LogP contribution in [-0.4, -0.2) is 53.9 Å². The molecule has 2 rings (SSSR count). The van der Waals surface area contributed by atoms with Gasteiger partial charge in [0, 0.05) is 26.3 Å². The zero-order valence-corrected chi connectivity index (χ0v) is 12.4. The Morgan fingerprint density at radius 3 is 2.67 bits per heavy atom. The Hall–Kier alpha value is -1.43. The summed E-state index contributed by atoms with van der Waals surface area (Å²) in [6.45, 7) is 1.28. The summed E-state index contributed by atoms with van der Waals surface area (Å²) in [5.74, 6) is 0.0196. The number of rotatable bonds is 6. The molecule has 1 saturated heterocycles. The van der Waals surface area contributed by atoms with Crippen LogP contribution < -0.4 is 5.32 Å². The van der Waals surface area contributed by atoms with Gasteiger partial charge in [0.1, 0.15) is 0 Å². The van der Waals surface area contributed by atoms with Crippen LogP contribution in [0.1, 0.15) is 12.0 Å². The number of nitrogens with one attached hydrogen (secondary N) is 1. The summed E-state index contributed by atoms with van der Waals surface area (Å²) < 4.78 is 0. The summed E-state index contributed by atoms with van der Waals surface area (Å²) in [6, 6.07) is 9.50. The van der Waals surface area contributed by atoms with Crippen molar-refractivity contribution in [1.29, 1.82) is 0 Å². The third-order valence-corrected chi connectivity index (χ3v) is 4.28. The van der Waals surface area contributed by atoms with Crippen LogP contribution in [0.4, 0.5) is 0 Å². The van der Waals surface area contributed by atoms with Crippen LogP contribution in [0.3, 0.4) is 0 Å². The summed E-state index contributed by atoms with van der Waals surface area (Å²) in [7, 11) is 1.90. The number of amides is 1. The molecule has 0 radical (unpaired) electrons. The molecular formula is C16H24N2O3. The van der Waals surface area contributed by atoms with E-state index in [9.17, 15) is 15.0 Å². The first-order chi connectivity index (χ1) is 10.2. The zero-order chi connectivity index (χ0) is 15.2. The highest BCUT2D eigenvalue weighted by molar-refractivity contribution is 5.82. The summed E-state index contributed by atoms with van der Waals surface area (Å²) in [5.41, 5.74) is 1.06. The lowest BCUT2D eigenvalue weighted by atomic mass is 9.88. The van der Waals surface area contributed by atoms with Gasteiger partial charge < -0.3 is 15.5 Å². The maximum Gasteiger partial charge on any atom is 0.237 e. The van der Waals surface area contributed by atoms with Gasteiger partial charge in [-0.2, -0.15) is 0 Å². The van der Waals surface area contributed by atoms with Crippen molar-refractivity contribution in [2.45, 2.75) is 19.0 Å². The second-order valence-corrected chi connectivity index (χ2v) is 5.71. The molecule has 3 atom stereocenters. The molecule has 0 aromatic heterocycles. The predicted molar refractivity (Wildman–Crippen MR) is 80.5 cm³/mol. The van der Waals surface area contributed by atoms with E-state index >= 15 is 0 Å². The molecule has 1 aromatic rings. The van der Waals surface area contributed by atoms with E-state index in [0.717, 1.165) is 5.56 Å². The Labute approximate surface area is 125 Å². The van der Waals surface area contributed by atoms with E-state index in [0.29, 0.717) is 19.5 Å². The summed E-state index contributed by atoms with van der Waals surface area (Å²) in [4.78, 5) is 14.4. The van der Waals surface area contributed by atoms with Crippen LogP contribution >= 0.6 is 0 Å². The topological polar surface area (TPSA) is 72.8 Å². The molecule has 1 amide bonds. The zero-order valence-electron chi connectivity index (χ0n) is 12.4. The molecule has 1 aliphatic heterocycles. The number of nitrogens with zero attached hydrogens (tertiary/aromatic N) is 1. The molecule has 0 spiro atoms. The van der Waals surface area contributed by atoms with E-state index in [2.05, 4.69) is 5.32 Å². The van der Waals surface area contributed by atoms with Gasteiger partial charge in [-0.15, -0.1) is 0 Å². The Bertz CT molecular complexity index is 452. The van der Waals surface area contributed by atoms with E-state index < -0.39 is 0 Å². The highest BCUT2D eigenvalue weighted by Crippen LogP contribution is 2.31. The second-order valence-electron chi connectivity index (χ2n) is 5.71. The number of benzene rings is 1. The highest BCUT2D eigenvalue weighted by Gasteiger charge is 2.42. The van der Waals surface area contributed by atoms with E-state index in [1.54, 1.807) is 0 Å². The maximum atomic E-state index is 12.5. The van der Waals surface area contributed by atoms with Crippen LogP contribution in [0.15, 0.2) is 30.3 Å². The molecule has 5 heteroatoms. The summed E-state index contributed by atoms with van der Waals surface area (Å²) >= 11 is 0. The molecule has 0 bridgehead atoms. The molecule has 1 aromatic carbocycles. The van der Waals surface area contributed by atoms with Crippen molar-refractivity contribution >= 4 is 5.91 Å². The van der Waals surface area contributed by atoms with Crippen molar-refractivity contribution in [1.82, 2.24) is 10.2 Å².